The van der Waals surface area contributed by atoms with Crippen LogP contribution in [-0.2, 0) is 13.0 Å². The first kappa shape index (κ1) is 28.0. The van der Waals surface area contributed by atoms with E-state index in [0.717, 1.165) is 53.3 Å². The van der Waals surface area contributed by atoms with Gasteiger partial charge in [0.1, 0.15) is 36.1 Å². The van der Waals surface area contributed by atoms with Gasteiger partial charge in [0.25, 0.3) is 0 Å². The highest BCUT2D eigenvalue weighted by molar-refractivity contribution is 6.03. The smallest absolute Gasteiger partial charge is 0.189 e. The Morgan fingerprint density at radius 3 is 2.45 bits per heavy atom. The number of nitrogens with one attached hydrogen (secondary N) is 1. The second-order valence-corrected chi connectivity index (χ2v) is 11.2. The number of carbonyl (C=O) groups is 1. The molecule has 0 aromatic heterocycles. The highest BCUT2D eigenvalue weighted by atomic mass is 19.1. The Bertz CT molecular complexity index is 1480. The highest BCUT2D eigenvalue weighted by Gasteiger charge is 2.34. The Balaban J connectivity index is 1.24. The fraction of sp³-hybridized carbons (Fsp3) is 0.306. The predicted molar refractivity (Wildman–Crippen MR) is 164 cm³/mol. The van der Waals surface area contributed by atoms with Gasteiger partial charge in [0.2, 0.25) is 0 Å². The number of piperidine rings is 1. The molecule has 3 unspecified atom stereocenters. The average Bonchev–Trinajstić information content (AvgIpc) is 3.04. The molecule has 1 fully saturated rings. The molecule has 1 saturated heterocycles. The number of hydrogen-bond donors (Lipinski definition) is 1. The Morgan fingerprint density at radius 1 is 0.952 bits per heavy atom. The minimum atomic E-state index is -0.542. The second-order valence-electron chi connectivity index (χ2n) is 11.2. The summed E-state index contributed by atoms with van der Waals surface area (Å²) in [7, 11) is 0. The van der Waals surface area contributed by atoms with Gasteiger partial charge in [-0.2, -0.15) is 0 Å². The number of nitrogens with zero attached hydrogens (tertiary/aromatic N) is 1. The largest absolute Gasteiger partial charge is 0.489 e. The standard InChI is InChI=1S/C36H37FN2O3/c1-25(34-9-5-6-21-38-34)42-31-16-10-27(11-17-31)36(40)35-33-19-18-32(41-24-26-7-3-2-4-8-26)23-28(33)20-22-39(35)30-14-12-29(37)13-15-30/h2-4,7-8,10-19,23,25,34-35,38H,5-6,9,20-22,24H2,1H3. The van der Waals surface area contributed by atoms with Crippen LogP contribution in [-0.4, -0.2) is 31.0 Å². The van der Waals surface area contributed by atoms with Crippen molar-refractivity contribution in [2.24, 2.45) is 0 Å². The summed E-state index contributed by atoms with van der Waals surface area (Å²) in [5.41, 5.74) is 4.56. The lowest BCUT2D eigenvalue weighted by atomic mass is 9.87. The van der Waals surface area contributed by atoms with Crippen LogP contribution >= 0.6 is 0 Å². The fourth-order valence-corrected chi connectivity index (χ4v) is 6.06. The van der Waals surface area contributed by atoms with Gasteiger partial charge < -0.3 is 19.7 Å². The van der Waals surface area contributed by atoms with Crippen LogP contribution in [0.15, 0.2) is 97.1 Å². The maximum Gasteiger partial charge on any atom is 0.189 e. The first-order valence-corrected chi connectivity index (χ1v) is 14.9. The quantitative estimate of drug-likeness (QED) is 0.216. The Hall–Kier alpha value is -4.16. The summed E-state index contributed by atoms with van der Waals surface area (Å²) in [4.78, 5) is 16.3. The molecular formula is C36H37FN2O3. The molecule has 2 heterocycles. The van der Waals surface area contributed by atoms with Crippen molar-refractivity contribution in [1.29, 1.82) is 0 Å². The van der Waals surface area contributed by atoms with Crippen molar-refractivity contribution in [1.82, 2.24) is 5.32 Å². The summed E-state index contributed by atoms with van der Waals surface area (Å²) >= 11 is 0. The van der Waals surface area contributed by atoms with Gasteiger partial charge in [-0.25, -0.2) is 4.39 Å². The van der Waals surface area contributed by atoms with Gasteiger partial charge in [0, 0.05) is 23.8 Å². The highest BCUT2D eigenvalue weighted by Crippen LogP contribution is 2.38. The van der Waals surface area contributed by atoms with Gasteiger partial charge in [0.05, 0.1) is 0 Å². The van der Waals surface area contributed by atoms with Gasteiger partial charge in [-0.1, -0.05) is 42.8 Å². The lowest BCUT2D eigenvalue weighted by Gasteiger charge is -2.38. The zero-order chi connectivity index (χ0) is 28.9. The van der Waals surface area contributed by atoms with Gasteiger partial charge in [-0.05, 0) is 110 Å². The van der Waals surface area contributed by atoms with Gasteiger partial charge in [-0.15, -0.1) is 0 Å². The number of carbonyl (C=O) groups excluding carboxylic acids is 1. The molecule has 6 heteroatoms. The van der Waals surface area contributed by atoms with Crippen molar-refractivity contribution in [2.45, 2.75) is 57.4 Å². The summed E-state index contributed by atoms with van der Waals surface area (Å²) in [6.07, 6.45) is 4.33. The minimum absolute atomic E-state index is 0.00762. The third kappa shape index (κ3) is 6.34. The predicted octanol–water partition coefficient (Wildman–Crippen LogP) is 7.30. The molecular weight excluding hydrogens is 527 g/mol. The van der Waals surface area contributed by atoms with E-state index in [0.29, 0.717) is 24.8 Å². The third-order valence-corrected chi connectivity index (χ3v) is 8.37. The molecule has 2 aliphatic rings. The normalized spacial score (nSPS) is 19.0. The maximum absolute atomic E-state index is 14.2. The maximum atomic E-state index is 14.2. The lowest BCUT2D eigenvalue weighted by molar-refractivity contribution is 0.0954. The van der Waals surface area contributed by atoms with Crippen molar-refractivity contribution in [3.63, 3.8) is 0 Å². The van der Waals surface area contributed by atoms with Crippen molar-refractivity contribution >= 4 is 11.5 Å². The lowest BCUT2D eigenvalue weighted by Crippen LogP contribution is -2.44. The minimum Gasteiger partial charge on any atom is -0.489 e. The SMILES string of the molecule is CC(Oc1ccc(C(=O)C2c3ccc(OCc4ccccc4)cc3CCN2c2ccc(F)cc2)cc1)C1CCCCN1. The molecule has 0 amide bonds. The molecule has 0 bridgehead atoms. The topological polar surface area (TPSA) is 50.8 Å². The number of Topliss-reactive ketones (excluding diaryl/α,β-unsaturated/α-hetero) is 1. The number of benzene rings is 4. The summed E-state index contributed by atoms with van der Waals surface area (Å²) in [5, 5.41) is 3.55. The zero-order valence-electron chi connectivity index (χ0n) is 24.0. The molecule has 0 radical (unpaired) electrons. The number of rotatable bonds is 9. The molecule has 2 aliphatic heterocycles. The van der Waals surface area contributed by atoms with Crippen LogP contribution in [0.4, 0.5) is 10.1 Å². The molecule has 0 saturated carbocycles. The fourth-order valence-electron chi connectivity index (χ4n) is 6.06. The van der Waals surface area contributed by atoms with E-state index in [2.05, 4.69) is 23.2 Å². The van der Waals surface area contributed by atoms with Gasteiger partial charge >= 0.3 is 0 Å². The van der Waals surface area contributed by atoms with Crippen LogP contribution in [0.3, 0.4) is 0 Å². The van der Waals surface area contributed by atoms with Crippen molar-refractivity contribution in [3.8, 4) is 11.5 Å². The second kappa shape index (κ2) is 12.8. The first-order chi connectivity index (χ1) is 20.5. The van der Waals surface area contributed by atoms with Crippen molar-refractivity contribution < 1.29 is 18.7 Å². The first-order valence-electron chi connectivity index (χ1n) is 14.9. The van der Waals surface area contributed by atoms with E-state index >= 15 is 0 Å². The summed E-state index contributed by atoms with van der Waals surface area (Å²) in [6, 6.07) is 29.7. The van der Waals surface area contributed by atoms with E-state index in [1.54, 1.807) is 12.1 Å². The zero-order valence-corrected chi connectivity index (χ0v) is 24.0. The summed E-state index contributed by atoms with van der Waals surface area (Å²) in [6.45, 7) is 4.23. The average molecular weight is 565 g/mol. The van der Waals surface area contributed by atoms with E-state index < -0.39 is 6.04 Å². The number of anilines is 1. The number of ketones is 1. The number of halogens is 1. The Labute approximate surface area is 247 Å². The van der Waals surface area contributed by atoms with Crippen LogP contribution in [0, 0.1) is 5.82 Å². The van der Waals surface area contributed by atoms with Crippen molar-refractivity contribution in [2.75, 3.05) is 18.0 Å². The van der Waals surface area contributed by atoms with E-state index in [9.17, 15) is 9.18 Å². The number of ether oxygens (including phenoxy) is 2. The van der Waals surface area contributed by atoms with Gasteiger partial charge in [-0.3, -0.25) is 4.79 Å². The molecule has 42 heavy (non-hydrogen) atoms. The third-order valence-electron chi connectivity index (χ3n) is 8.37. The molecule has 0 aliphatic carbocycles. The molecule has 1 N–H and O–H groups in total. The number of fused-ring (bicyclic) bond motifs is 1. The van der Waals surface area contributed by atoms with Crippen LogP contribution in [0.2, 0.25) is 0 Å². The molecule has 4 aromatic carbocycles. The molecule has 6 rings (SSSR count). The Morgan fingerprint density at radius 2 is 1.71 bits per heavy atom. The van der Waals surface area contributed by atoms with Crippen LogP contribution < -0.4 is 19.7 Å². The van der Waals surface area contributed by atoms with E-state index in [4.69, 9.17) is 9.47 Å². The molecule has 216 valence electrons. The molecule has 0 spiro atoms. The Kier molecular flexibility index (Phi) is 8.52. The van der Waals surface area contributed by atoms with E-state index in [1.807, 2.05) is 66.7 Å². The van der Waals surface area contributed by atoms with Crippen LogP contribution in [0.25, 0.3) is 0 Å². The summed E-state index contributed by atoms with van der Waals surface area (Å²) in [5.74, 6) is 1.23. The van der Waals surface area contributed by atoms with Crippen LogP contribution in [0.1, 0.15) is 59.3 Å². The van der Waals surface area contributed by atoms with E-state index in [1.165, 1.54) is 25.0 Å². The number of hydrogen-bond acceptors (Lipinski definition) is 5. The molecule has 5 nitrogen and oxygen atoms in total. The molecule has 4 aromatic rings. The monoisotopic (exact) mass is 564 g/mol. The summed E-state index contributed by atoms with van der Waals surface area (Å²) < 4.78 is 26.1. The molecule has 3 atom stereocenters. The van der Waals surface area contributed by atoms with E-state index in [-0.39, 0.29) is 17.7 Å². The van der Waals surface area contributed by atoms with Gasteiger partial charge in [0.15, 0.2) is 5.78 Å². The van der Waals surface area contributed by atoms with Crippen LogP contribution in [0.5, 0.6) is 11.5 Å². The van der Waals surface area contributed by atoms with Crippen molar-refractivity contribution in [3.05, 3.63) is 125 Å².